The summed E-state index contributed by atoms with van der Waals surface area (Å²) in [6, 6.07) is 14.1. The molecule has 1 heteroatoms. The van der Waals surface area contributed by atoms with Crippen molar-refractivity contribution in [2.75, 3.05) is 0 Å². The van der Waals surface area contributed by atoms with E-state index in [1.165, 1.54) is 5.56 Å². The van der Waals surface area contributed by atoms with Crippen molar-refractivity contribution < 1.29 is 4.42 Å². The summed E-state index contributed by atoms with van der Waals surface area (Å²) in [4.78, 5) is 0. The maximum absolute atomic E-state index is 5.37. The third-order valence-corrected chi connectivity index (χ3v) is 2.24. The monoisotopic (exact) mass is 184 g/mol. The zero-order chi connectivity index (χ0) is 9.80. The van der Waals surface area contributed by atoms with Crippen molar-refractivity contribution in [1.29, 1.82) is 0 Å². The molecule has 14 heavy (non-hydrogen) atoms. The Bertz CT molecular complexity index is 386. The predicted octanol–water partition coefficient (Wildman–Crippen LogP) is 3.60. The van der Waals surface area contributed by atoms with Gasteiger partial charge >= 0.3 is 0 Å². The van der Waals surface area contributed by atoms with Crippen LogP contribution in [0.3, 0.4) is 0 Å². The lowest BCUT2D eigenvalue weighted by Gasteiger charge is -2.09. The first kappa shape index (κ1) is 8.82. The fourth-order valence-corrected chi connectivity index (χ4v) is 1.55. The van der Waals surface area contributed by atoms with Crippen molar-refractivity contribution in [3.05, 3.63) is 72.7 Å². The second kappa shape index (κ2) is 3.97. The third kappa shape index (κ3) is 1.62. The lowest BCUT2D eigenvalue weighted by Crippen LogP contribution is -1.94. The van der Waals surface area contributed by atoms with Gasteiger partial charge in [0.2, 0.25) is 0 Å². The van der Waals surface area contributed by atoms with Crippen molar-refractivity contribution in [3.8, 4) is 0 Å². The van der Waals surface area contributed by atoms with Crippen LogP contribution in [0.1, 0.15) is 17.2 Å². The lowest BCUT2D eigenvalue weighted by molar-refractivity contribution is 0.507. The summed E-state index contributed by atoms with van der Waals surface area (Å²) in [6.45, 7) is 3.83. The first-order valence-corrected chi connectivity index (χ1v) is 4.62. The Morgan fingerprint density at radius 1 is 1.07 bits per heavy atom. The highest BCUT2D eigenvalue weighted by Gasteiger charge is 2.11. The van der Waals surface area contributed by atoms with E-state index in [-0.39, 0.29) is 5.92 Å². The standard InChI is InChI=1S/C13H12O/c1-2-12(13-9-6-10-14-13)11-7-4-3-5-8-11/h2-10,12H,1H2. The minimum absolute atomic E-state index is 0.159. The maximum Gasteiger partial charge on any atom is 0.114 e. The highest BCUT2D eigenvalue weighted by molar-refractivity contribution is 5.31. The van der Waals surface area contributed by atoms with Crippen LogP contribution in [-0.4, -0.2) is 0 Å². The van der Waals surface area contributed by atoms with E-state index in [0.29, 0.717) is 0 Å². The van der Waals surface area contributed by atoms with Crippen LogP contribution in [0.4, 0.5) is 0 Å². The van der Waals surface area contributed by atoms with Gasteiger partial charge in [0.25, 0.3) is 0 Å². The molecule has 1 nitrogen and oxygen atoms in total. The molecule has 1 aromatic heterocycles. The minimum atomic E-state index is 0.159. The summed E-state index contributed by atoms with van der Waals surface area (Å²) in [5, 5.41) is 0. The van der Waals surface area contributed by atoms with E-state index >= 15 is 0 Å². The number of hydrogen-bond donors (Lipinski definition) is 0. The Balaban J connectivity index is 2.36. The number of allylic oxidation sites excluding steroid dienone is 1. The van der Waals surface area contributed by atoms with Gasteiger partial charge in [-0.1, -0.05) is 36.4 Å². The average Bonchev–Trinajstić information content (AvgIpc) is 2.74. The molecule has 0 fully saturated rings. The lowest BCUT2D eigenvalue weighted by atomic mass is 9.97. The van der Waals surface area contributed by atoms with Crippen molar-refractivity contribution in [3.63, 3.8) is 0 Å². The minimum Gasteiger partial charge on any atom is -0.468 e. The summed E-state index contributed by atoms with van der Waals surface area (Å²) < 4.78 is 5.37. The molecule has 1 aromatic carbocycles. The SMILES string of the molecule is C=CC(c1ccccc1)c1ccco1. The van der Waals surface area contributed by atoms with Gasteiger partial charge in [0, 0.05) is 0 Å². The zero-order valence-corrected chi connectivity index (χ0v) is 7.89. The molecule has 1 heterocycles. The van der Waals surface area contributed by atoms with Crippen LogP contribution >= 0.6 is 0 Å². The van der Waals surface area contributed by atoms with Gasteiger partial charge in [-0.25, -0.2) is 0 Å². The van der Waals surface area contributed by atoms with Crippen molar-refractivity contribution in [2.24, 2.45) is 0 Å². The zero-order valence-electron chi connectivity index (χ0n) is 7.89. The normalized spacial score (nSPS) is 12.3. The molecular weight excluding hydrogens is 172 g/mol. The van der Waals surface area contributed by atoms with Crippen LogP contribution in [0.15, 0.2) is 65.8 Å². The summed E-state index contributed by atoms with van der Waals surface area (Å²) in [7, 11) is 0. The van der Waals surface area contributed by atoms with Gasteiger partial charge in [0.05, 0.1) is 12.2 Å². The third-order valence-electron chi connectivity index (χ3n) is 2.24. The first-order valence-electron chi connectivity index (χ1n) is 4.62. The molecule has 0 N–H and O–H groups in total. The topological polar surface area (TPSA) is 13.1 Å². The quantitative estimate of drug-likeness (QED) is 0.664. The van der Waals surface area contributed by atoms with Gasteiger partial charge in [0.1, 0.15) is 5.76 Å². The second-order valence-electron chi connectivity index (χ2n) is 3.14. The van der Waals surface area contributed by atoms with Gasteiger partial charge < -0.3 is 4.42 Å². The predicted molar refractivity (Wildman–Crippen MR) is 57.2 cm³/mol. The molecule has 0 aliphatic carbocycles. The Hall–Kier alpha value is -1.76. The molecule has 0 spiro atoms. The van der Waals surface area contributed by atoms with E-state index in [9.17, 15) is 0 Å². The largest absolute Gasteiger partial charge is 0.468 e. The van der Waals surface area contributed by atoms with Gasteiger partial charge in [-0.15, -0.1) is 6.58 Å². The highest BCUT2D eigenvalue weighted by Crippen LogP contribution is 2.25. The molecule has 2 aromatic rings. The highest BCUT2D eigenvalue weighted by atomic mass is 16.3. The summed E-state index contributed by atoms with van der Waals surface area (Å²) >= 11 is 0. The Labute approximate surface area is 83.7 Å². The fraction of sp³-hybridized carbons (Fsp3) is 0.0769. The molecule has 1 unspecified atom stereocenters. The molecular formula is C13H12O. The number of benzene rings is 1. The molecule has 1 atom stereocenters. The van der Waals surface area contributed by atoms with Gasteiger partial charge in [-0.05, 0) is 17.7 Å². The van der Waals surface area contributed by atoms with Crippen LogP contribution < -0.4 is 0 Å². The molecule has 0 aliphatic heterocycles. The van der Waals surface area contributed by atoms with E-state index in [4.69, 9.17) is 4.42 Å². The fourth-order valence-electron chi connectivity index (χ4n) is 1.55. The molecule has 2 rings (SSSR count). The van der Waals surface area contributed by atoms with Crippen molar-refractivity contribution >= 4 is 0 Å². The van der Waals surface area contributed by atoms with Gasteiger partial charge in [-0.3, -0.25) is 0 Å². The summed E-state index contributed by atoms with van der Waals surface area (Å²) in [5.41, 5.74) is 1.21. The Morgan fingerprint density at radius 3 is 2.43 bits per heavy atom. The maximum atomic E-state index is 5.37. The molecule has 0 bridgehead atoms. The van der Waals surface area contributed by atoms with E-state index in [1.54, 1.807) is 6.26 Å². The van der Waals surface area contributed by atoms with Crippen LogP contribution in [0.5, 0.6) is 0 Å². The van der Waals surface area contributed by atoms with E-state index in [1.807, 2.05) is 36.4 Å². The van der Waals surface area contributed by atoms with Crippen LogP contribution in [-0.2, 0) is 0 Å². The van der Waals surface area contributed by atoms with Gasteiger partial charge in [-0.2, -0.15) is 0 Å². The van der Waals surface area contributed by atoms with Crippen LogP contribution in [0.25, 0.3) is 0 Å². The first-order chi connectivity index (χ1) is 6.92. The van der Waals surface area contributed by atoms with E-state index in [0.717, 1.165) is 5.76 Å². The molecule has 0 radical (unpaired) electrons. The van der Waals surface area contributed by atoms with Crippen molar-refractivity contribution in [2.45, 2.75) is 5.92 Å². The number of hydrogen-bond acceptors (Lipinski definition) is 1. The van der Waals surface area contributed by atoms with Crippen LogP contribution in [0.2, 0.25) is 0 Å². The van der Waals surface area contributed by atoms with E-state index in [2.05, 4.69) is 18.7 Å². The van der Waals surface area contributed by atoms with Gasteiger partial charge in [0.15, 0.2) is 0 Å². The van der Waals surface area contributed by atoms with E-state index < -0.39 is 0 Å². The Morgan fingerprint density at radius 2 is 1.86 bits per heavy atom. The molecule has 0 saturated carbocycles. The average molecular weight is 184 g/mol. The Kier molecular flexibility index (Phi) is 2.50. The van der Waals surface area contributed by atoms with Crippen LogP contribution in [0, 0.1) is 0 Å². The second-order valence-corrected chi connectivity index (χ2v) is 3.14. The van der Waals surface area contributed by atoms with Crippen molar-refractivity contribution in [1.82, 2.24) is 0 Å². The summed E-state index contributed by atoms with van der Waals surface area (Å²) in [5.74, 6) is 1.09. The molecule has 0 aliphatic rings. The number of furan rings is 1. The molecule has 0 saturated heterocycles. The molecule has 70 valence electrons. The molecule has 0 amide bonds. The summed E-state index contributed by atoms with van der Waals surface area (Å²) in [6.07, 6.45) is 3.59. The smallest absolute Gasteiger partial charge is 0.114 e. The number of rotatable bonds is 3.